The monoisotopic (exact) mass is 730 g/mol. The smallest absolute Gasteiger partial charge is 0.264 e. The number of methoxy groups -OCH3 is 1. The van der Waals surface area contributed by atoms with Crippen molar-refractivity contribution >= 4 is 42.1 Å². The minimum Gasteiger partial charge on any atom is -0.497 e. The lowest BCUT2D eigenvalue weighted by Crippen LogP contribution is -2.51. The van der Waals surface area contributed by atoms with Crippen molar-refractivity contribution in [3.63, 3.8) is 0 Å². The molecule has 1 aromatic heterocycles. The Bertz CT molecular complexity index is 2090. The number of nitrogens with zero attached hydrogens (tertiary/aromatic N) is 4. The van der Waals surface area contributed by atoms with Crippen molar-refractivity contribution in [2.45, 2.75) is 63.2 Å². The van der Waals surface area contributed by atoms with E-state index in [1.54, 1.807) is 36.1 Å². The van der Waals surface area contributed by atoms with Crippen molar-refractivity contribution in [2.75, 3.05) is 29.7 Å². The van der Waals surface area contributed by atoms with Gasteiger partial charge in [0, 0.05) is 54.2 Å². The van der Waals surface area contributed by atoms with Gasteiger partial charge in [0.15, 0.2) is 5.60 Å². The first-order chi connectivity index (χ1) is 25.5. The number of carbonyl (C=O) groups is 2. The predicted octanol–water partition coefficient (Wildman–Crippen LogP) is 5.51. The van der Waals surface area contributed by atoms with Crippen molar-refractivity contribution < 1.29 is 24.2 Å². The number of aliphatic hydroxyl groups excluding tert-OH is 1. The van der Waals surface area contributed by atoms with Gasteiger partial charge in [-0.15, -0.1) is 5.10 Å². The van der Waals surface area contributed by atoms with E-state index in [0.29, 0.717) is 42.9 Å². The summed E-state index contributed by atoms with van der Waals surface area (Å²) < 4.78 is 14.6. The molecule has 2 aliphatic heterocycles. The quantitative estimate of drug-likeness (QED) is 0.113. The zero-order valence-corrected chi connectivity index (χ0v) is 31.5. The summed E-state index contributed by atoms with van der Waals surface area (Å²) in [6.07, 6.45) is 2.58. The van der Waals surface area contributed by atoms with Gasteiger partial charge in [0.2, 0.25) is 0 Å². The molecule has 4 atom stereocenters. The number of amides is 2. The molecule has 11 nitrogen and oxygen atoms in total. The van der Waals surface area contributed by atoms with Crippen molar-refractivity contribution in [2.24, 2.45) is 5.92 Å². The average Bonchev–Trinajstić information content (AvgIpc) is 3.81. The number of nitrogen functional groups attached to an aromatic ring is 1. The second-order valence-corrected chi connectivity index (χ2v) is 19.3. The molecule has 0 bridgehead atoms. The number of hydrogen-bond acceptors (Lipinski definition) is 8. The van der Waals surface area contributed by atoms with Crippen LogP contribution < -0.4 is 25.9 Å². The number of carbonyl (C=O) groups excluding carboxylic acids is 2. The van der Waals surface area contributed by atoms with Crippen LogP contribution in [0.1, 0.15) is 40.5 Å². The van der Waals surface area contributed by atoms with Crippen LogP contribution in [0.4, 0.5) is 17.1 Å². The van der Waals surface area contributed by atoms with E-state index in [-0.39, 0.29) is 36.0 Å². The summed E-state index contributed by atoms with van der Waals surface area (Å²) in [6.45, 7) is 7.77. The number of aryl methyl sites for hydroxylation is 1. The van der Waals surface area contributed by atoms with Gasteiger partial charge in [-0.05, 0) is 72.1 Å². The largest absolute Gasteiger partial charge is 0.497 e. The summed E-state index contributed by atoms with van der Waals surface area (Å²) in [6, 6.07) is 30.7. The standard InChI is InChI=1S/C41H46N6O5Si/c1-27-38(53(3,4)34-17-15-33(51-2)16-18-34)37(20-22-46-26-32(21-23-48)44-45-46)52-41(27)35-24-31(43-39(49)29-10-12-30(42)13-11-29)14-19-36(35)47(40(41)50)25-28-8-6-5-7-9-28/h5-19,24,26-27,37-38,48H,20-23,25,42H2,1-4H3,(H,43,49)/t27-,37+,38-,41+/m1/s1. The molecule has 4 N–H and O–H groups in total. The number of anilines is 3. The van der Waals surface area contributed by atoms with Crippen molar-refractivity contribution in [3.05, 3.63) is 126 Å². The highest BCUT2D eigenvalue weighted by Crippen LogP contribution is 2.60. The predicted molar refractivity (Wildman–Crippen MR) is 208 cm³/mol. The highest BCUT2D eigenvalue weighted by atomic mass is 28.3. The van der Waals surface area contributed by atoms with Gasteiger partial charge < -0.3 is 30.5 Å². The Hall–Kier alpha value is -5.30. The summed E-state index contributed by atoms with van der Waals surface area (Å²) in [4.78, 5) is 30.4. The first kappa shape index (κ1) is 36.1. The number of aliphatic hydroxyl groups is 1. The minimum atomic E-state index is -2.39. The van der Waals surface area contributed by atoms with E-state index in [4.69, 9.17) is 15.2 Å². The van der Waals surface area contributed by atoms with Crippen LogP contribution in [0.25, 0.3) is 0 Å². The molecular formula is C41H46N6O5Si. The zero-order valence-electron chi connectivity index (χ0n) is 30.5. The second-order valence-electron chi connectivity index (χ2n) is 14.6. The van der Waals surface area contributed by atoms with E-state index in [0.717, 1.165) is 28.3 Å². The fraction of sp³-hybridized carbons (Fsp3) is 0.317. The summed E-state index contributed by atoms with van der Waals surface area (Å²) in [5.41, 5.74) is 9.44. The topological polar surface area (TPSA) is 145 Å². The summed E-state index contributed by atoms with van der Waals surface area (Å²) >= 11 is 0. The van der Waals surface area contributed by atoms with Crippen LogP contribution in [0.5, 0.6) is 5.75 Å². The Balaban J connectivity index is 1.31. The third kappa shape index (κ3) is 6.73. The van der Waals surface area contributed by atoms with Crippen LogP contribution in [-0.2, 0) is 34.6 Å². The Kier molecular flexibility index (Phi) is 9.94. The lowest BCUT2D eigenvalue weighted by atomic mass is 9.82. The van der Waals surface area contributed by atoms with Crippen molar-refractivity contribution in [3.8, 4) is 5.75 Å². The van der Waals surface area contributed by atoms with Crippen LogP contribution in [0, 0.1) is 5.92 Å². The molecule has 5 aromatic rings. The molecule has 0 aliphatic carbocycles. The molecule has 2 aliphatic rings. The fourth-order valence-electron chi connectivity index (χ4n) is 8.36. The molecule has 12 heteroatoms. The van der Waals surface area contributed by atoms with E-state index < -0.39 is 13.7 Å². The second kappa shape index (κ2) is 14.6. The molecule has 1 saturated heterocycles. The Labute approximate surface area is 310 Å². The van der Waals surface area contributed by atoms with E-state index in [1.165, 1.54) is 5.19 Å². The molecular weight excluding hydrogens is 685 g/mol. The average molecular weight is 731 g/mol. The number of rotatable bonds is 12. The molecule has 1 fully saturated rings. The van der Waals surface area contributed by atoms with Gasteiger partial charge in [0.05, 0.1) is 39.2 Å². The van der Waals surface area contributed by atoms with Crippen LogP contribution in [-0.4, -0.2) is 59.8 Å². The van der Waals surface area contributed by atoms with E-state index in [1.807, 2.05) is 71.8 Å². The molecule has 4 aromatic carbocycles. The van der Waals surface area contributed by atoms with Gasteiger partial charge in [-0.2, -0.15) is 0 Å². The first-order valence-electron chi connectivity index (χ1n) is 18.0. The van der Waals surface area contributed by atoms with Crippen LogP contribution in [0.3, 0.4) is 0 Å². The number of fused-ring (bicyclic) bond motifs is 2. The molecule has 7 rings (SSSR count). The van der Waals surface area contributed by atoms with Gasteiger partial charge in [-0.3, -0.25) is 14.3 Å². The molecule has 2 amide bonds. The van der Waals surface area contributed by atoms with Crippen molar-refractivity contribution in [1.29, 1.82) is 0 Å². The van der Waals surface area contributed by atoms with E-state index >= 15 is 4.79 Å². The number of nitrogens with one attached hydrogen (secondary N) is 1. The van der Waals surface area contributed by atoms with Gasteiger partial charge in [-0.1, -0.05) is 72.9 Å². The van der Waals surface area contributed by atoms with Crippen LogP contribution in [0.2, 0.25) is 18.6 Å². The lowest BCUT2D eigenvalue weighted by molar-refractivity contribution is -0.146. The number of hydrogen-bond donors (Lipinski definition) is 3. The highest BCUT2D eigenvalue weighted by Gasteiger charge is 2.66. The summed E-state index contributed by atoms with van der Waals surface area (Å²) in [5.74, 6) is 0.176. The lowest BCUT2D eigenvalue weighted by Gasteiger charge is -2.37. The molecule has 3 heterocycles. The summed E-state index contributed by atoms with van der Waals surface area (Å²) in [7, 11) is -0.729. The SMILES string of the molecule is COc1ccc([Si](C)(C)[C@H]2[C@H](CCn3cc(CCO)nn3)O[C@@]3(C(=O)N(Cc4ccccc4)c4ccc(NC(=O)c5ccc(N)cc5)cc43)[C@@H]2C)cc1. The normalized spacial score (nSPS) is 20.9. The molecule has 0 saturated carbocycles. The third-order valence-electron chi connectivity index (χ3n) is 11.0. The Morgan fingerprint density at radius 2 is 1.77 bits per heavy atom. The Morgan fingerprint density at radius 3 is 2.47 bits per heavy atom. The van der Waals surface area contributed by atoms with Crippen LogP contribution in [0.15, 0.2) is 103 Å². The molecule has 0 unspecified atom stereocenters. The van der Waals surface area contributed by atoms with Crippen LogP contribution >= 0.6 is 0 Å². The van der Waals surface area contributed by atoms with Gasteiger partial charge in [0.25, 0.3) is 11.8 Å². The molecule has 0 radical (unpaired) electrons. The van der Waals surface area contributed by atoms with Gasteiger partial charge in [0.1, 0.15) is 5.75 Å². The number of nitrogens with two attached hydrogens (primary N) is 1. The fourth-order valence-corrected chi connectivity index (χ4v) is 12.4. The van der Waals surface area contributed by atoms with Gasteiger partial charge in [-0.25, -0.2) is 0 Å². The van der Waals surface area contributed by atoms with E-state index in [2.05, 4.69) is 47.8 Å². The maximum absolute atomic E-state index is 15.2. The maximum Gasteiger partial charge on any atom is 0.264 e. The highest BCUT2D eigenvalue weighted by molar-refractivity contribution is 6.91. The number of aromatic nitrogens is 3. The maximum atomic E-state index is 15.2. The summed E-state index contributed by atoms with van der Waals surface area (Å²) in [5, 5.41) is 22.3. The van der Waals surface area contributed by atoms with E-state index in [9.17, 15) is 9.90 Å². The number of benzene rings is 4. The zero-order chi connectivity index (χ0) is 37.3. The van der Waals surface area contributed by atoms with Crippen molar-refractivity contribution in [1.82, 2.24) is 15.0 Å². The van der Waals surface area contributed by atoms with Gasteiger partial charge >= 0.3 is 0 Å². The Morgan fingerprint density at radius 1 is 1.04 bits per heavy atom. The molecule has 53 heavy (non-hydrogen) atoms. The minimum absolute atomic E-state index is 0.00237. The first-order valence-corrected chi connectivity index (χ1v) is 21.1. The molecule has 274 valence electrons. The number of ether oxygens (including phenoxy) is 2. The molecule has 1 spiro atoms. The third-order valence-corrected chi connectivity index (χ3v) is 15.4.